The fourth-order valence-electron chi connectivity index (χ4n) is 6.21. The van der Waals surface area contributed by atoms with E-state index in [0.29, 0.717) is 0 Å². The molecule has 0 atom stereocenters. The molecule has 0 radical (unpaired) electrons. The Morgan fingerprint density at radius 2 is 1.70 bits per heavy atom. The number of para-hydroxylation sites is 1. The number of benzene rings is 1. The number of nitrogens with zero attached hydrogens (tertiary/aromatic N) is 4. The Kier molecular flexibility index (Phi) is 10.5. The van der Waals surface area contributed by atoms with Crippen molar-refractivity contribution < 1.29 is 0 Å². The summed E-state index contributed by atoms with van der Waals surface area (Å²) >= 11 is 0. The lowest BCUT2D eigenvalue weighted by Gasteiger charge is -2.15. The lowest BCUT2D eigenvalue weighted by Crippen LogP contribution is -2.03. The standard InChI is InChI=1S/C42H46N4/c1-8-19-36(46-37(20-9-2)34(11-4)41-40(46)25-16-17-27-43-41)31(6)22-13-12-21-30(5)32(7)29-33(10-3)45-38-24-15-14-23-35(38)42-39(45)26-18-28-44-42/h8-9,11-16,18-20,23-29H,4,10,17,21-22H2,1-3,5-7H3/b13-12+,19-8-,20-9-,32-30+,33-29+,36-31?. The van der Waals surface area contributed by atoms with Crippen molar-refractivity contribution in [2.75, 3.05) is 0 Å². The van der Waals surface area contributed by atoms with Crippen molar-refractivity contribution in [3.63, 3.8) is 0 Å². The van der Waals surface area contributed by atoms with Gasteiger partial charge in [-0.25, -0.2) is 0 Å². The fraction of sp³-hybridized carbons (Fsp3) is 0.238. The number of pyridine rings is 1. The molecule has 3 aromatic heterocycles. The van der Waals surface area contributed by atoms with Crippen molar-refractivity contribution in [3.05, 3.63) is 125 Å². The molecule has 1 aliphatic heterocycles. The zero-order valence-electron chi connectivity index (χ0n) is 28.2. The number of allylic oxidation sites excluding steroid dienone is 12. The zero-order chi connectivity index (χ0) is 32.6. The third-order valence-electron chi connectivity index (χ3n) is 8.67. The summed E-state index contributed by atoms with van der Waals surface area (Å²) < 4.78 is 4.72. The van der Waals surface area contributed by atoms with Crippen LogP contribution in [-0.2, 0) is 0 Å². The first kappa shape index (κ1) is 32.4. The van der Waals surface area contributed by atoms with E-state index in [1.54, 1.807) is 0 Å². The van der Waals surface area contributed by atoms with Crippen molar-refractivity contribution in [1.29, 1.82) is 0 Å². The molecule has 0 aliphatic carbocycles. The Balaban J connectivity index is 1.44. The summed E-state index contributed by atoms with van der Waals surface area (Å²) in [5, 5.41) is 1.19. The summed E-state index contributed by atoms with van der Waals surface area (Å²) in [7, 11) is 0. The monoisotopic (exact) mass is 606 g/mol. The van der Waals surface area contributed by atoms with E-state index in [1.165, 1.54) is 39.0 Å². The van der Waals surface area contributed by atoms with Crippen LogP contribution >= 0.6 is 0 Å². The molecule has 4 aromatic rings. The predicted octanol–water partition coefficient (Wildman–Crippen LogP) is 12.2. The summed E-state index contributed by atoms with van der Waals surface area (Å²) in [6.07, 6.45) is 29.2. The van der Waals surface area contributed by atoms with Gasteiger partial charge in [0.05, 0.1) is 33.6 Å². The van der Waals surface area contributed by atoms with E-state index in [0.717, 1.165) is 59.4 Å². The van der Waals surface area contributed by atoms with Gasteiger partial charge < -0.3 is 9.13 Å². The Hall–Kier alpha value is -4.96. The van der Waals surface area contributed by atoms with Gasteiger partial charge in [0.2, 0.25) is 0 Å². The number of fused-ring (bicyclic) bond motifs is 4. The average Bonchev–Trinajstić information content (AvgIpc) is 3.43. The summed E-state index contributed by atoms with van der Waals surface area (Å²) in [5.41, 5.74) is 14.1. The summed E-state index contributed by atoms with van der Waals surface area (Å²) in [6, 6.07) is 12.8. The van der Waals surface area contributed by atoms with Gasteiger partial charge in [-0.05, 0) is 102 Å². The molecule has 4 heteroatoms. The normalized spacial score (nSPS) is 15.0. The van der Waals surface area contributed by atoms with E-state index >= 15 is 0 Å². The maximum atomic E-state index is 4.82. The first-order chi connectivity index (χ1) is 22.4. The maximum Gasteiger partial charge on any atom is 0.0963 e. The van der Waals surface area contributed by atoms with Crippen LogP contribution in [0, 0.1) is 0 Å². The van der Waals surface area contributed by atoms with Gasteiger partial charge in [0.15, 0.2) is 0 Å². The molecule has 4 nitrogen and oxygen atoms in total. The Bertz CT molecular complexity index is 1950. The van der Waals surface area contributed by atoms with Crippen LogP contribution in [0.3, 0.4) is 0 Å². The van der Waals surface area contributed by atoms with Gasteiger partial charge in [0.1, 0.15) is 0 Å². The lowest BCUT2D eigenvalue weighted by atomic mass is 10.0. The van der Waals surface area contributed by atoms with Gasteiger partial charge in [-0.1, -0.05) is 79.3 Å². The highest BCUT2D eigenvalue weighted by Gasteiger charge is 2.21. The van der Waals surface area contributed by atoms with Gasteiger partial charge >= 0.3 is 0 Å². The molecular weight excluding hydrogens is 560 g/mol. The molecule has 0 saturated carbocycles. The first-order valence-electron chi connectivity index (χ1n) is 16.4. The predicted molar refractivity (Wildman–Crippen MR) is 203 cm³/mol. The number of hydrogen-bond donors (Lipinski definition) is 0. The smallest absolute Gasteiger partial charge is 0.0963 e. The molecule has 1 aromatic carbocycles. The highest BCUT2D eigenvalue weighted by atomic mass is 15.0. The summed E-state index contributed by atoms with van der Waals surface area (Å²) in [6.45, 7) is 17.2. The molecule has 5 rings (SSSR count). The van der Waals surface area contributed by atoms with E-state index in [9.17, 15) is 0 Å². The number of hydrogen-bond acceptors (Lipinski definition) is 2. The topological polar surface area (TPSA) is 35.1 Å². The average molecular weight is 607 g/mol. The molecule has 234 valence electrons. The van der Waals surface area contributed by atoms with E-state index in [2.05, 4.69) is 142 Å². The van der Waals surface area contributed by atoms with Crippen LogP contribution in [0.4, 0.5) is 5.69 Å². The van der Waals surface area contributed by atoms with Gasteiger partial charge in [-0.3, -0.25) is 9.98 Å². The van der Waals surface area contributed by atoms with Crippen LogP contribution < -0.4 is 0 Å². The minimum absolute atomic E-state index is 0.825. The van der Waals surface area contributed by atoms with E-state index in [4.69, 9.17) is 9.98 Å². The Morgan fingerprint density at radius 1 is 0.935 bits per heavy atom. The van der Waals surface area contributed by atoms with Gasteiger partial charge in [-0.15, -0.1) is 0 Å². The highest BCUT2D eigenvalue weighted by Crippen LogP contribution is 2.39. The molecule has 0 saturated heterocycles. The molecule has 46 heavy (non-hydrogen) atoms. The molecule has 0 bridgehead atoms. The molecule has 0 fully saturated rings. The third-order valence-corrected chi connectivity index (χ3v) is 8.67. The number of rotatable bonds is 11. The maximum absolute atomic E-state index is 4.82. The van der Waals surface area contributed by atoms with Crippen molar-refractivity contribution in [2.45, 2.75) is 67.2 Å². The molecule has 0 unspecified atom stereocenters. The second-order valence-electron chi connectivity index (χ2n) is 11.7. The molecular formula is C42H46N4. The van der Waals surface area contributed by atoms with Crippen LogP contribution in [0.1, 0.15) is 84.2 Å². The SMILES string of the molecule is C=Cc1c2c(n(C(/C=C\C)=C(C)C/C=C/C/C(C)=C(C)/C=C(\CC)n3c4ccccc4c4ncccc43)c1/C=C\C)C=CCC=N2. The second-order valence-corrected chi connectivity index (χ2v) is 11.7. The van der Waals surface area contributed by atoms with Crippen LogP contribution in [0.5, 0.6) is 0 Å². The first-order valence-corrected chi connectivity index (χ1v) is 16.4. The van der Waals surface area contributed by atoms with Crippen molar-refractivity contribution in [2.24, 2.45) is 4.99 Å². The molecule has 4 heterocycles. The van der Waals surface area contributed by atoms with Crippen LogP contribution in [0.25, 0.3) is 51.6 Å². The van der Waals surface area contributed by atoms with E-state index < -0.39 is 0 Å². The third kappa shape index (κ3) is 6.39. The number of aromatic nitrogens is 3. The van der Waals surface area contributed by atoms with Gasteiger partial charge in [-0.2, -0.15) is 0 Å². The van der Waals surface area contributed by atoms with Gasteiger partial charge in [0.25, 0.3) is 0 Å². The summed E-state index contributed by atoms with van der Waals surface area (Å²) in [5.74, 6) is 0. The van der Waals surface area contributed by atoms with Crippen LogP contribution in [0.15, 0.2) is 113 Å². The highest BCUT2D eigenvalue weighted by molar-refractivity contribution is 6.07. The minimum Gasteiger partial charge on any atom is -0.311 e. The van der Waals surface area contributed by atoms with Crippen LogP contribution in [0.2, 0.25) is 0 Å². The largest absolute Gasteiger partial charge is 0.311 e. The van der Waals surface area contributed by atoms with Crippen molar-refractivity contribution in [3.8, 4) is 0 Å². The second kappa shape index (κ2) is 14.9. The van der Waals surface area contributed by atoms with E-state index in [-0.39, 0.29) is 0 Å². The summed E-state index contributed by atoms with van der Waals surface area (Å²) in [4.78, 5) is 9.54. The molecule has 0 spiro atoms. The quantitative estimate of drug-likeness (QED) is 0.124. The van der Waals surface area contributed by atoms with Crippen molar-refractivity contribution >= 4 is 63.5 Å². The zero-order valence-corrected chi connectivity index (χ0v) is 28.2. The van der Waals surface area contributed by atoms with Crippen LogP contribution in [-0.4, -0.2) is 20.3 Å². The molecule has 0 amide bonds. The fourth-order valence-corrected chi connectivity index (χ4v) is 6.21. The van der Waals surface area contributed by atoms with Crippen molar-refractivity contribution in [1.82, 2.24) is 14.1 Å². The lowest BCUT2D eigenvalue weighted by molar-refractivity contribution is 1.04. The Morgan fingerprint density at radius 3 is 2.43 bits per heavy atom. The molecule has 1 aliphatic rings. The molecule has 0 N–H and O–H groups in total. The number of aliphatic imine (C=N–C) groups is 1. The Labute approximate surface area is 274 Å². The minimum atomic E-state index is 0.825. The van der Waals surface area contributed by atoms with E-state index in [1.807, 2.05) is 24.6 Å². The van der Waals surface area contributed by atoms with Gasteiger partial charge in [0, 0.05) is 41.2 Å².